The van der Waals surface area contributed by atoms with Gasteiger partial charge >= 0.3 is 0 Å². The Bertz CT molecular complexity index is 780. The van der Waals surface area contributed by atoms with E-state index in [2.05, 4.69) is 15.5 Å². The average molecular weight is 331 g/mol. The maximum atomic E-state index is 9.81. The molecule has 4 rings (SSSR count). The molecule has 0 aliphatic heterocycles. The van der Waals surface area contributed by atoms with Gasteiger partial charge in [0.2, 0.25) is 11.5 Å². The fourth-order valence-electron chi connectivity index (χ4n) is 2.13. The van der Waals surface area contributed by atoms with E-state index < -0.39 is 0 Å². The second-order valence-electron chi connectivity index (χ2n) is 5.15. The van der Waals surface area contributed by atoms with E-state index in [1.807, 2.05) is 31.2 Å². The minimum absolute atomic E-state index is 0.408. The van der Waals surface area contributed by atoms with Gasteiger partial charge in [-0.1, -0.05) is 23.5 Å². The highest BCUT2D eigenvalue weighted by Crippen LogP contribution is 2.31. The maximum absolute atomic E-state index is 9.81. The lowest BCUT2D eigenvalue weighted by atomic mass is 9.96. The van der Waals surface area contributed by atoms with Crippen molar-refractivity contribution in [3.05, 3.63) is 35.5 Å². The second kappa shape index (κ2) is 7.23. The zero-order valence-corrected chi connectivity index (χ0v) is 13.5. The average Bonchev–Trinajstić information content (AvgIpc) is 3.13. The number of hydrogen-bond donors (Lipinski definition) is 1. The monoisotopic (exact) mass is 331 g/mol. The molecule has 1 aliphatic carbocycles. The van der Waals surface area contributed by atoms with Crippen molar-refractivity contribution in [3.63, 3.8) is 0 Å². The molecule has 0 radical (unpaired) electrons. The number of furan rings is 1. The van der Waals surface area contributed by atoms with Gasteiger partial charge in [0.1, 0.15) is 5.01 Å². The van der Waals surface area contributed by atoms with Crippen LogP contribution in [0.5, 0.6) is 5.75 Å². The first-order valence-corrected chi connectivity index (χ1v) is 8.21. The highest BCUT2D eigenvalue weighted by Gasteiger charge is 2.20. The van der Waals surface area contributed by atoms with Gasteiger partial charge in [-0.2, -0.15) is 0 Å². The summed E-state index contributed by atoms with van der Waals surface area (Å²) in [6.07, 6.45) is 6.34. The Balaban J connectivity index is 0.000000151. The molecule has 0 atom stereocenters. The molecule has 0 saturated heterocycles. The number of benzene rings is 1. The van der Waals surface area contributed by atoms with Crippen LogP contribution in [0, 0.1) is 6.92 Å². The van der Waals surface area contributed by atoms with Crippen LogP contribution in [0.25, 0.3) is 11.0 Å². The van der Waals surface area contributed by atoms with E-state index in [0.29, 0.717) is 17.6 Å². The normalized spacial score (nSPS) is 13.8. The quantitative estimate of drug-likeness (QED) is 0.736. The van der Waals surface area contributed by atoms with Crippen molar-refractivity contribution in [1.29, 1.82) is 0 Å². The lowest BCUT2D eigenvalue weighted by Gasteiger charge is -2.26. The van der Waals surface area contributed by atoms with Crippen molar-refractivity contribution in [2.75, 3.05) is 5.32 Å². The van der Waals surface area contributed by atoms with Crippen molar-refractivity contribution >= 4 is 33.8 Å². The number of amides is 1. The zero-order valence-electron chi connectivity index (χ0n) is 12.7. The minimum Gasteiger partial charge on any atom is -0.486 e. The van der Waals surface area contributed by atoms with Crippen LogP contribution >= 0.6 is 11.3 Å². The van der Waals surface area contributed by atoms with E-state index in [4.69, 9.17) is 9.15 Å². The Morgan fingerprint density at radius 1 is 1.35 bits per heavy atom. The van der Waals surface area contributed by atoms with Gasteiger partial charge < -0.3 is 14.5 Å². The molecule has 7 heteroatoms. The Kier molecular flexibility index (Phi) is 4.87. The molecule has 1 amide bonds. The SMILES string of the molecule is Cc1nnc(NC=O)s1.c1cc(OC2CCC2)c2occc2c1. The third kappa shape index (κ3) is 3.87. The van der Waals surface area contributed by atoms with Crippen LogP contribution in [0.1, 0.15) is 24.3 Å². The number of hydrogen-bond acceptors (Lipinski definition) is 6. The number of aromatic nitrogens is 2. The number of nitrogens with zero attached hydrogens (tertiary/aromatic N) is 2. The van der Waals surface area contributed by atoms with E-state index in [-0.39, 0.29) is 0 Å². The molecule has 1 aliphatic rings. The number of carbonyl (C=O) groups excluding carboxylic acids is 1. The summed E-state index contributed by atoms with van der Waals surface area (Å²) in [4.78, 5) is 9.81. The standard InChI is InChI=1S/C12H12O2.C4H5N3OS/c1-3-9-7-8-13-12(9)11(6-1)14-10-4-2-5-10;1-3-6-7-4(9-3)5-2-8/h1,3,6-8,10H,2,4-5H2;2H,1H3,(H,5,7,8). The predicted molar refractivity (Wildman–Crippen MR) is 88.8 cm³/mol. The van der Waals surface area contributed by atoms with E-state index in [1.165, 1.54) is 30.6 Å². The smallest absolute Gasteiger partial charge is 0.213 e. The molecule has 0 unspecified atom stereocenters. The van der Waals surface area contributed by atoms with E-state index in [9.17, 15) is 4.79 Å². The van der Waals surface area contributed by atoms with E-state index in [0.717, 1.165) is 21.7 Å². The van der Waals surface area contributed by atoms with Gasteiger partial charge in [0.25, 0.3) is 0 Å². The van der Waals surface area contributed by atoms with Crippen LogP contribution in [-0.2, 0) is 4.79 Å². The molecule has 6 nitrogen and oxygen atoms in total. The minimum atomic E-state index is 0.408. The molecule has 1 saturated carbocycles. The van der Waals surface area contributed by atoms with Crippen LogP contribution in [0.2, 0.25) is 0 Å². The zero-order chi connectivity index (χ0) is 16.1. The largest absolute Gasteiger partial charge is 0.486 e. The highest BCUT2D eigenvalue weighted by molar-refractivity contribution is 7.15. The van der Waals surface area contributed by atoms with Crippen LogP contribution in [0.4, 0.5) is 5.13 Å². The number of ether oxygens (including phenoxy) is 1. The molecule has 0 spiro atoms. The van der Waals surface area contributed by atoms with Crippen LogP contribution < -0.4 is 10.1 Å². The number of aryl methyl sites for hydroxylation is 1. The van der Waals surface area contributed by atoms with Crippen LogP contribution in [0.3, 0.4) is 0 Å². The Morgan fingerprint density at radius 3 is 2.87 bits per heavy atom. The van der Waals surface area contributed by atoms with Crippen LogP contribution in [0.15, 0.2) is 34.9 Å². The number of rotatable bonds is 4. The Hall–Kier alpha value is -2.41. The molecule has 3 aromatic rings. The van der Waals surface area contributed by atoms with Crippen molar-refractivity contribution in [2.45, 2.75) is 32.3 Å². The summed E-state index contributed by atoms with van der Waals surface area (Å²) < 4.78 is 11.2. The van der Waals surface area contributed by atoms with Crippen molar-refractivity contribution in [2.24, 2.45) is 0 Å². The summed E-state index contributed by atoms with van der Waals surface area (Å²) in [6, 6.07) is 7.98. The topological polar surface area (TPSA) is 77.2 Å². The first kappa shape index (κ1) is 15.5. The van der Waals surface area contributed by atoms with Gasteiger partial charge in [-0.3, -0.25) is 4.79 Å². The van der Waals surface area contributed by atoms with Gasteiger partial charge in [-0.15, -0.1) is 10.2 Å². The van der Waals surface area contributed by atoms with E-state index >= 15 is 0 Å². The fraction of sp³-hybridized carbons (Fsp3) is 0.312. The Morgan fingerprint density at radius 2 is 2.22 bits per heavy atom. The first-order valence-electron chi connectivity index (χ1n) is 7.39. The van der Waals surface area contributed by atoms with Gasteiger partial charge in [0, 0.05) is 5.39 Å². The molecule has 120 valence electrons. The maximum Gasteiger partial charge on any atom is 0.213 e. The van der Waals surface area contributed by atoms with Crippen molar-refractivity contribution < 1.29 is 13.9 Å². The first-order chi connectivity index (χ1) is 11.3. The molecule has 1 N–H and O–H groups in total. The van der Waals surface area contributed by atoms with Crippen molar-refractivity contribution in [3.8, 4) is 5.75 Å². The third-order valence-electron chi connectivity index (χ3n) is 3.50. The molecule has 0 bridgehead atoms. The van der Waals surface area contributed by atoms with Crippen molar-refractivity contribution in [1.82, 2.24) is 10.2 Å². The highest BCUT2D eigenvalue weighted by atomic mass is 32.1. The molecule has 2 aromatic heterocycles. The molecular formula is C16H17N3O3S. The lowest BCUT2D eigenvalue weighted by molar-refractivity contribution is -0.105. The molecule has 1 fully saturated rings. The molecule has 2 heterocycles. The number of nitrogens with one attached hydrogen (secondary N) is 1. The van der Waals surface area contributed by atoms with Gasteiger partial charge in [-0.25, -0.2) is 0 Å². The number of para-hydroxylation sites is 1. The summed E-state index contributed by atoms with van der Waals surface area (Å²) >= 11 is 1.35. The summed E-state index contributed by atoms with van der Waals surface area (Å²) in [7, 11) is 0. The van der Waals surface area contributed by atoms with Gasteiger partial charge in [-0.05, 0) is 38.3 Å². The van der Waals surface area contributed by atoms with Gasteiger partial charge in [0.15, 0.2) is 11.3 Å². The Labute approximate surface area is 137 Å². The van der Waals surface area contributed by atoms with Crippen LogP contribution in [-0.4, -0.2) is 22.7 Å². The number of fused-ring (bicyclic) bond motifs is 1. The van der Waals surface area contributed by atoms with E-state index in [1.54, 1.807) is 6.26 Å². The summed E-state index contributed by atoms with van der Waals surface area (Å²) in [5.74, 6) is 0.886. The van der Waals surface area contributed by atoms with Gasteiger partial charge in [0.05, 0.1) is 12.4 Å². The summed E-state index contributed by atoms with van der Waals surface area (Å²) in [5.41, 5.74) is 0.874. The predicted octanol–water partition coefficient (Wildman–Crippen LogP) is 3.78. The fourth-order valence-corrected chi connectivity index (χ4v) is 2.68. The number of carbonyl (C=O) groups is 1. The summed E-state index contributed by atoms with van der Waals surface area (Å²) in [5, 5.41) is 12.2. The third-order valence-corrected chi connectivity index (χ3v) is 4.27. The second-order valence-corrected chi connectivity index (χ2v) is 6.34. The summed E-state index contributed by atoms with van der Waals surface area (Å²) in [6.45, 7) is 1.83. The lowest BCUT2D eigenvalue weighted by Crippen LogP contribution is -2.24. The molecule has 23 heavy (non-hydrogen) atoms. The molecular weight excluding hydrogens is 314 g/mol. The number of anilines is 1. The molecule has 1 aromatic carbocycles.